The molecule has 4 heteroatoms. The Morgan fingerprint density at radius 2 is 2.14 bits per heavy atom. The topological polar surface area (TPSA) is 29.1 Å². The molecule has 1 aliphatic carbocycles. The Morgan fingerprint density at radius 3 is 2.57 bits per heavy atom. The van der Waals surface area contributed by atoms with Gasteiger partial charge < -0.3 is 5.32 Å². The Bertz CT molecular complexity index is 208. The van der Waals surface area contributed by atoms with E-state index in [1.807, 2.05) is 6.92 Å². The van der Waals surface area contributed by atoms with E-state index in [0.717, 1.165) is 19.3 Å². The van der Waals surface area contributed by atoms with Crippen molar-refractivity contribution in [3.8, 4) is 0 Å². The van der Waals surface area contributed by atoms with Gasteiger partial charge in [-0.1, -0.05) is 20.3 Å². The summed E-state index contributed by atoms with van der Waals surface area (Å²) in [6.07, 6.45) is 0.0366. The van der Waals surface area contributed by atoms with E-state index in [2.05, 4.69) is 12.2 Å². The zero-order chi connectivity index (χ0) is 10.7. The molecule has 3 unspecified atom stereocenters. The maximum atomic E-state index is 12.0. The molecule has 0 aromatic carbocycles. The molecule has 0 aromatic rings. The molecule has 1 amide bonds. The molecule has 0 radical (unpaired) electrons. The van der Waals surface area contributed by atoms with Gasteiger partial charge in [0, 0.05) is 6.04 Å². The van der Waals surface area contributed by atoms with Gasteiger partial charge in [0.2, 0.25) is 0 Å². The molecule has 14 heavy (non-hydrogen) atoms. The normalized spacial score (nSPS) is 32.2. The van der Waals surface area contributed by atoms with Crippen molar-refractivity contribution in [2.75, 3.05) is 0 Å². The van der Waals surface area contributed by atoms with Gasteiger partial charge in [-0.2, -0.15) is 8.78 Å². The van der Waals surface area contributed by atoms with Crippen LogP contribution < -0.4 is 5.32 Å². The van der Waals surface area contributed by atoms with Crippen molar-refractivity contribution in [2.45, 2.75) is 45.6 Å². The van der Waals surface area contributed by atoms with Gasteiger partial charge in [-0.15, -0.1) is 0 Å². The summed E-state index contributed by atoms with van der Waals surface area (Å²) >= 11 is 0. The third-order valence-electron chi connectivity index (χ3n) is 3.28. The fourth-order valence-electron chi connectivity index (χ4n) is 2.27. The summed E-state index contributed by atoms with van der Waals surface area (Å²) < 4.78 is 24.0. The molecule has 1 rings (SSSR count). The zero-order valence-electron chi connectivity index (χ0n) is 8.59. The maximum Gasteiger partial charge on any atom is 0.315 e. The predicted molar refractivity (Wildman–Crippen MR) is 50.1 cm³/mol. The second-order valence-electron chi connectivity index (χ2n) is 4.02. The van der Waals surface area contributed by atoms with Crippen LogP contribution in [0.5, 0.6) is 0 Å². The van der Waals surface area contributed by atoms with Crippen molar-refractivity contribution in [1.82, 2.24) is 5.32 Å². The van der Waals surface area contributed by atoms with Crippen molar-refractivity contribution in [1.29, 1.82) is 0 Å². The molecule has 0 bridgehead atoms. The first-order valence-electron chi connectivity index (χ1n) is 5.14. The molecule has 82 valence electrons. The van der Waals surface area contributed by atoms with Crippen LogP contribution >= 0.6 is 0 Å². The SMILES string of the molecule is CCC1CCC(NC(=O)C(F)F)C1C. The minimum absolute atomic E-state index is 0.0542. The lowest BCUT2D eigenvalue weighted by Gasteiger charge is -2.20. The van der Waals surface area contributed by atoms with Gasteiger partial charge in [0.25, 0.3) is 5.91 Å². The average Bonchev–Trinajstić information content (AvgIpc) is 2.47. The third-order valence-corrected chi connectivity index (χ3v) is 3.28. The zero-order valence-corrected chi connectivity index (χ0v) is 8.59. The number of carbonyl (C=O) groups is 1. The summed E-state index contributed by atoms with van der Waals surface area (Å²) in [7, 11) is 0. The first kappa shape index (κ1) is 11.4. The molecule has 1 fully saturated rings. The smallest absolute Gasteiger partial charge is 0.315 e. The third kappa shape index (κ3) is 2.42. The molecule has 1 saturated carbocycles. The Morgan fingerprint density at radius 1 is 1.50 bits per heavy atom. The van der Waals surface area contributed by atoms with Gasteiger partial charge in [0.05, 0.1) is 0 Å². The van der Waals surface area contributed by atoms with Crippen molar-refractivity contribution in [3.63, 3.8) is 0 Å². The summed E-state index contributed by atoms with van der Waals surface area (Å²) in [5.74, 6) is -0.237. The highest BCUT2D eigenvalue weighted by Gasteiger charge is 2.33. The van der Waals surface area contributed by atoms with E-state index in [4.69, 9.17) is 0 Å². The highest BCUT2D eigenvalue weighted by molar-refractivity contribution is 5.79. The van der Waals surface area contributed by atoms with E-state index in [1.165, 1.54) is 0 Å². The molecule has 0 aromatic heterocycles. The van der Waals surface area contributed by atoms with E-state index < -0.39 is 12.3 Å². The second-order valence-corrected chi connectivity index (χ2v) is 4.02. The molecule has 0 saturated heterocycles. The summed E-state index contributed by atoms with van der Waals surface area (Å²) in [5, 5.41) is 2.40. The fourth-order valence-corrected chi connectivity index (χ4v) is 2.27. The summed E-state index contributed by atoms with van der Waals surface area (Å²) in [6, 6.07) is -0.0542. The van der Waals surface area contributed by atoms with Gasteiger partial charge in [0.1, 0.15) is 0 Å². The minimum atomic E-state index is -2.89. The van der Waals surface area contributed by atoms with Crippen LogP contribution in [0.3, 0.4) is 0 Å². The quantitative estimate of drug-likeness (QED) is 0.751. The maximum absolute atomic E-state index is 12.0. The van der Waals surface area contributed by atoms with Gasteiger partial charge in [-0.25, -0.2) is 0 Å². The van der Waals surface area contributed by atoms with Gasteiger partial charge in [0.15, 0.2) is 0 Å². The molecular formula is C10H17F2NO. The van der Waals surface area contributed by atoms with E-state index >= 15 is 0 Å². The fraction of sp³-hybridized carbons (Fsp3) is 0.900. The van der Waals surface area contributed by atoms with Crippen LogP contribution in [0.1, 0.15) is 33.1 Å². The second kappa shape index (κ2) is 4.71. The number of hydrogen-bond donors (Lipinski definition) is 1. The standard InChI is InChI=1S/C10H17F2NO/c1-3-7-4-5-8(6(7)2)13-10(14)9(11)12/h6-9H,3-5H2,1-2H3,(H,13,14). The minimum Gasteiger partial charge on any atom is -0.348 e. The van der Waals surface area contributed by atoms with Crippen molar-refractivity contribution >= 4 is 5.91 Å². The lowest BCUT2D eigenvalue weighted by molar-refractivity contribution is -0.132. The number of carbonyl (C=O) groups excluding carboxylic acids is 1. The highest BCUT2D eigenvalue weighted by Crippen LogP contribution is 2.33. The van der Waals surface area contributed by atoms with Crippen LogP contribution in [0.4, 0.5) is 8.78 Å². The number of hydrogen-bond acceptors (Lipinski definition) is 1. The van der Waals surface area contributed by atoms with Crippen molar-refractivity contribution in [2.24, 2.45) is 11.8 Å². The van der Waals surface area contributed by atoms with E-state index in [0.29, 0.717) is 11.8 Å². The molecule has 1 N–H and O–H groups in total. The predicted octanol–water partition coefficient (Wildman–Crippen LogP) is 2.19. The Kier molecular flexibility index (Phi) is 3.84. The van der Waals surface area contributed by atoms with Crippen LogP contribution in [0.15, 0.2) is 0 Å². The Balaban J connectivity index is 2.44. The molecule has 2 nitrogen and oxygen atoms in total. The molecule has 3 atom stereocenters. The highest BCUT2D eigenvalue weighted by atomic mass is 19.3. The number of amides is 1. The average molecular weight is 205 g/mol. The summed E-state index contributed by atoms with van der Waals surface area (Å²) in [4.78, 5) is 10.8. The van der Waals surface area contributed by atoms with Gasteiger partial charge in [-0.05, 0) is 24.7 Å². The first-order valence-corrected chi connectivity index (χ1v) is 5.14. The van der Waals surface area contributed by atoms with Gasteiger partial charge in [-0.3, -0.25) is 4.79 Å². The molecule has 1 aliphatic rings. The van der Waals surface area contributed by atoms with E-state index in [9.17, 15) is 13.6 Å². The first-order chi connectivity index (χ1) is 6.56. The molecule has 0 aliphatic heterocycles. The Hall–Kier alpha value is -0.670. The summed E-state index contributed by atoms with van der Waals surface area (Å²) in [5.41, 5.74) is 0. The number of alkyl halides is 2. The van der Waals surface area contributed by atoms with E-state index in [1.54, 1.807) is 0 Å². The lowest BCUT2D eigenvalue weighted by Crippen LogP contribution is -2.40. The summed E-state index contributed by atoms with van der Waals surface area (Å²) in [6.45, 7) is 4.12. The number of rotatable bonds is 3. The molecular weight excluding hydrogens is 188 g/mol. The largest absolute Gasteiger partial charge is 0.348 e. The lowest BCUT2D eigenvalue weighted by atomic mass is 9.93. The van der Waals surface area contributed by atoms with Crippen LogP contribution in [0.25, 0.3) is 0 Å². The van der Waals surface area contributed by atoms with Crippen molar-refractivity contribution in [3.05, 3.63) is 0 Å². The van der Waals surface area contributed by atoms with Crippen LogP contribution in [-0.2, 0) is 4.79 Å². The molecule has 0 spiro atoms. The Labute approximate surface area is 83.1 Å². The van der Waals surface area contributed by atoms with Crippen molar-refractivity contribution < 1.29 is 13.6 Å². The number of nitrogens with one attached hydrogen (secondary N) is 1. The van der Waals surface area contributed by atoms with E-state index in [-0.39, 0.29) is 6.04 Å². The molecule has 0 heterocycles. The van der Waals surface area contributed by atoms with Gasteiger partial charge >= 0.3 is 6.43 Å². The van der Waals surface area contributed by atoms with Crippen LogP contribution in [0, 0.1) is 11.8 Å². The number of halogens is 2. The van der Waals surface area contributed by atoms with Crippen LogP contribution in [-0.4, -0.2) is 18.4 Å². The monoisotopic (exact) mass is 205 g/mol. The van der Waals surface area contributed by atoms with Crippen LogP contribution in [0.2, 0.25) is 0 Å².